The molecule has 0 aromatic carbocycles. The number of alkyl halides is 2. The molecule has 0 amide bonds. The third-order valence-electron chi connectivity index (χ3n) is 1.51. The van der Waals surface area contributed by atoms with Gasteiger partial charge in [0, 0.05) is 24.7 Å². The number of hydrogen-bond acceptors (Lipinski definition) is 3. The highest BCUT2D eigenvalue weighted by molar-refractivity contribution is 5.80. The summed E-state index contributed by atoms with van der Waals surface area (Å²) in [6.45, 7) is 1.38. The fraction of sp³-hybridized carbons (Fsp3) is 0.333. The SMILES string of the molecule is CCOC(=O)C(F)(F)/C=C/n1cccn1. The van der Waals surface area contributed by atoms with Gasteiger partial charge in [0.05, 0.1) is 6.61 Å². The Labute approximate surface area is 85.1 Å². The van der Waals surface area contributed by atoms with Gasteiger partial charge < -0.3 is 4.74 Å². The summed E-state index contributed by atoms with van der Waals surface area (Å²) in [6.07, 6.45) is 4.35. The van der Waals surface area contributed by atoms with E-state index in [1.165, 1.54) is 19.3 Å². The average molecular weight is 216 g/mol. The van der Waals surface area contributed by atoms with E-state index in [0.717, 1.165) is 10.9 Å². The Bertz CT molecular complexity index is 347. The van der Waals surface area contributed by atoms with E-state index in [1.54, 1.807) is 6.07 Å². The fourth-order valence-corrected chi connectivity index (χ4v) is 0.834. The van der Waals surface area contributed by atoms with Gasteiger partial charge in [0.1, 0.15) is 0 Å². The molecule has 0 spiro atoms. The van der Waals surface area contributed by atoms with Crippen molar-refractivity contribution in [2.75, 3.05) is 6.61 Å². The Morgan fingerprint density at radius 3 is 2.93 bits per heavy atom. The van der Waals surface area contributed by atoms with Gasteiger partial charge in [-0.1, -0.05) is 0 Å². The lowest BCUT2D eigenvalue weighted by Crippen LogP contribution is -2.28. The summed E-state index contributed by atoms with van der Waals surface area (Å²) in [6, 6.07) is 1.58. The summed E-state index contributed by atoms with van der Waals surface area (Å²) in [5.41, 5.74) is 0. The minimum Gasteiger partial charge on any atom is -0.461 e. The van der Waals surface area contributed by atoms with E-state index < -0.39 is 11.9 Å². The molecule has 1 heterocycles. The zero-order valence-electron chi connectivity index (χ0n) is 8.06. The van der Waals surface area contributed by atoms with Gasteiger partial charge in [0.15, 0.2) is 0 Å². The third-order valence-corrected chi connectivity index (χ3v) is 1.51. The van der Waals surface area contributed by atoms with Gasteiger partial charge >= 0.3 is 11.9 Å². The molecule has 0 radical (unpaired) electrons. The molecule has 15 heavy (non-hydrogen) atoms. The van der Waals surface area contributed by atoms with E-state index in [4.69, 9.17) is 0 Å². The number of carbonyl (C=O) groups excluding carboxylic acids is 1. The molecule has 1 aromatic rings. The first-order valence-corrected chi connectivity index (χ1v) is 4.30. The maximum Gasteiger partial charge on any atom is 0.381 e. The third kappa shape index (κ3) is 3.16. The zero-order chi connectivity index (χ0) is 11.3. The molecule has 0 atom stereocenters. The lowest BCUT2D eigenvalue weighted by atomic mass is 10.3. The van der Waals surface area contributed by atoms with Gasteiger partial charge in [-0.3, -0.25) is 0 Å². The molecule has 4 nitrogen and oxygen atoms in total. The second kappa shape index (κ2) is 4.68. The predicted molar refractivity (Wildman–Crippen MR) is 49.1 cm³/mol. The smallest absolute Gasteiger partial charge is 0.381 e. The molecule has 1 aromatic heterocycles. The molecule has 1 rings (SSSR count). The van der Waals surface area contributed by atoms with Crippen LogP contribution in [0.1, 0.15) is 6.92 Å². The molecule has 0 saturated heterocycles. The van der Waals surface area contributed by atoms with Crippen molar-refractivity contribution in [2.24, 2.45) is 0 Å². The maximum absolute atomic E-state index is 13.0. The first kappa shape index (κ1) is 11.4. The average Bonchev–Trinajstić information content (AvgIpc) is 2.68. The number of aromatic nitrogens is 2. The lowest BCUT2D eigenvalue weighted by Gasteiger charge is -2.09. The van der Waals surface area contributed by atoms with Crippen LogP contribution in [0.2, 0.25) is 0 Å². The van der Waals surface area contributed by atoms with Crippen LogP contribution in [0.25, 0.3) is 6.20 Å². The minimum absolute atomic E-state index is 0.0793. The number of halogens is 2. The number of hydrogen-bond donors (Lipinski definition) is 0. The van der Waals surface area contributed by atoms with Crippen LogP contribution in [0.5, 0.6) is 0 Å². The molecule has 0 unspecified atom stereocenters. The van der Waals surface area contributed by atoms with Crippen molar-refractivity contribution in [1.29, 1.82) is 0 Å². The van der Waals surface area contributed by atoms with Crippen LogP contribution in [0.4, 0.5) is 8.78 Å². The molecule has 82 valence electrons. The van der Waals surface area contributed by atoms with Gasteiger partial charge in [-0.05, 0) is 13.0 Å². The molecule has 0 N–H and O–H groups in total. The normalized spacial score (nSPS) is 11.9. The van der Waals surface area contributed by atoms with E-state index in [0.29, 0.717) is 6.08 Å². The molecule has 0 aliphatic rings. The van der Waals surface area contributed by atoms with Crippen LogP contribution in [-0.2, 0) is 9.53 Å². The van der Waals surface area contributed by atoms with Gasteiger partial charge in [-0.25, -0.2) is 9.48 Å². The molecule has 0 aliphatic heterocycles. The van der Waals surface area contributed by atoms with Crippen LogP contribution < -0.4 is 0 Å². The summed E-state index contributed by atoms with van der Waals surface area (Å²) in [5, 5.41) is 3.67. The van der Waals surface area contributed by atoms with Crippen molar-refractivity contribution < 1.29 is 18.3 Å². The van der Waals surface area contributed by atoms with Crippen molar-refractivity contribution in [3.05, 3.63) is 24.5 Å². The monoisotopic (exact) mass is 216 g/mol. The largest absolute Gasteiger partial charge is 0.461 e. The van der Waals surface area contributed by atoms with Crippen molar-refractivity contribution >= 4 is 12.2 Å². The van der Waals surface area contributed by atoms with Crippen molar-refractivity contribution in [3.8, 4) is 0 Å². The Hall–Kier alpha value is -1.72. The number of carbonyl (C=O) groups is 1. The Balaban J connectivity index is 2.67. The molecule has 6 heteroatoms. The van der Waals surface area contributed by atoms with E-state index in [2.05, 4.69) is 9.84 Å². The molecule has 0 aliphatic carbocycles. The van der Waals surface area contributed by atoms with Gasteiger partial charge in [0.25, 0.3) is 0 Å². The topological polar surface area (TPSA) is 44.1 Å². The zero-order valence-corrected chi connectivity index (χ0v) is 8.06. The fourth-order valence-electron chi connectivity index (χ4n) is 0.834. The van der Waals surface area contributed by atoms with E-state index in [9.17, 15) is 13.6 Å². The number of esters is 1. The predicted octanol–water partition coefficient (Wildman–Crippen LogP) is 1.55. The maximum atomic E-state index is 13.0. The second-order valence-corrected chi connectivity index (χ2v) is 2.65. The number of nitrogens with zero attached hydrogens (tertiary/aromatic N) is 2. The van der Waals surface area contributed by atoms with Gasteiger partial charge in [0.2, 0.25) is 0 Å². The molecular formula is C9H10F2N2O2. The highest BCUT2D eigenvalue weighted by Crippen LogP contribution is 2.17. The summed E-state index contributed by atoms with van der Waals surface area (Å²) < 4.78 is 31.4. The Morgan fingerprint density at radius 1 is 1.67 bits per heavy atom. The van der Waals surface area contributed by atoms with E-state index >= 15 is 0 Å². The summed E-state index contributed by atoms with van der Waals surface area (Å²) in [7, 11) is 0. The molecule has 0 fully saturated rings. The van der Waals surface area contributed by atoms with Crippen LogP contribution in [0.3, 0.4) is 0 Å². The summed E-state index contributed by atoms with van der Waals surface area (Å²) >= 11 is 0. The van der Waals surface area contributed by atoms with E-state index in [1.807, 2.05) is 0 Å². The second-order valence-electron chi connectivity index (χ2n) is 2.65. The number of ether oxygens (including phenoxy) is 1. The Kier molecular flexibility index (Phi) is 3.54. The van der Waals surface area contributed by atoms with Crippen molar-refractivity contribution in [1.82, 2.24) is 9.78 Å². The van der Waals surface area contributed by atoms with Crippen molar-refractivity contribution in [2.45, 2.75) is 12.8 Å². The van der Waals surface area contributed by atoms with E-state index in [-0.39, 0.29) is 6.61 Å². The standard InChI is InChI=1S/C9H10F2N2O2/c1-2-15-8(14)9(10,11)4-7-13-6-3-5-12-13/h3-7H,2H2,1H3/b7-4+. The summed E-state index contributed by atoms with van der Waals surface area (Å²) in [5.74, 6) is -5.18. The van der Waals surface area contributed by atoms with Crippen LogP contribution >= 0.6 is 0 Å². The lowest BCUT2D eigenvalue weighted by molar-refractivity contribution is -0.164. The van der Waals surface area contributed by atoms with Gasteiger partial charge in [-0.15, -0.1) is 0 Å². The molecule has 0 saturated carbocycles. The van der Waals surface area contributed by atoms with Crippen LogP contribution in [-0.4, -0.2) is 28.3 Å². The highest BCUT2D eigenvalue weighted by atomic mass is 19.3. The summed E-state index contributed by atoms with van der Waals surface area (Å²) in [4.78, 5) is 10.8. The minimum atomic E-state index is -3.62. The number of rotatable bonds is 4. The highest BCUT2D eigenvalue weighted by Gasteiger charge is 2.37. The molecular weight excluding hydrogens is 206 g/mol. The first-order valence-electron chi connectivity index (χ1n) is 4.30. The van der Waals surface area contributed by atoms with Crippen LogP contribution in [0, 0.1) is 0 Å². The van der Waals surface area contributed by atoms with Gasteiger partial charge in [-0.2, -0.15) is 13.9 Å². The van der Waals surface area contributed by atoms with Crippen molar-refractivity contribution in [3.63, 3.8) is 0 Å². The first-order chi connectivity index (χ1) is 7.06. The molecule has 0 bridgehead atoms. The Morgan fingerprint density at radius 2 is 2.40 bits per heavy atom. The van der Waals surface area contributed by atoms with Crippen LogP contribution in [0.15, 0.2) is 24.5 Å². The quantitative estimate of drug-likeness (QED) is 0.717.